The van der Waals surface area contributed by atoms with E-state index in [-0.39, 0.29) is 6.10 Å². The van der Waals surface area contributed by atoms with E-state index in [0.717, 1.165) is 38.3 Å². The van der Waals surface area contributed by atoms with Crippen molar-refractivity contribution in [3.63, 3.8) is 0 Å². The van der Waals surface area contributed by atoms with Gasteiger partial charge in [-0.1, -0.05) is 6.07 Å². The lowest BCUT2D eigenvalue weighted by Gasteiger charge is -2.34. The topological polar surface area (TPSA) is 48.4 Å². The first kappa shape index (κ1) is 13.3. The van der Waals surface area contributed by atoms with Crippen LogP contribution in [0.5, 0.6) is 0 Å². The standard InChI is InChI=1S/C14H23N3O/c1-3-15-14-12(5-4-6-16-14)10-17(2)9-11-7-13(18)8-11/h4-6,11,13,18H,3,7-10H2,1-2H3,(H,15,16). The van der Waals surface area contributed by atoms with Crippen LogP contribution in [0.1, 0.15) is 25.3 Å². The number of anilines is 1. The Morgan fingerprint density at radius 2 is 2.28 bits per heavy atom. The third-order valence-corrected chi connectivity index (χ3v) is 3.46. The first-order chi connectivity index (χ1) is 8.69. The molecule has 2 N–H and O–H groups in total. The van der Waals surface area contributed by atoms with Gasteiger partial charge in [-0.2, -0.15) is 0 Å². The Bertz CT molecular complexity index is 377. The van der Waals surface area contributed by atoms with Crippen LogP contribution in [0.2, 0.25) is 0 Å². The van der Waals surface area contributed by atoms with Gasteiger partial charge in [-0.25, -0.2) is 4.98 Å². The van der Waals surface area contributed by atoms with Crippen molar-refractivity contribution in [2.75, 3.05) is 25.5 Å². The van der Waals surface area contributed by atoms with Gasteiger partial charge >= 0.3 is 0 Å². The second-order valence-corrected chi connectivity index (χ2v) is 5.23. The number of aromatic nitrogens is 1. The normalized spacial score (nSPS) is 22.9. The largest absolute Gasteiger partial charge is 0.393 e. The van der Waals surface area contributed by atoms with E-state index in [1.54, 1.807) is 0 Å². The van der Waals surface area contributed by atoms with Gasteiger partial charge in [-0.05, 0) is 38.8 Å². The van der Waals surface area contributed by atoms with Crippen molar-refractivity contribution in [3.05, 3.63) is 23.9 Å². The van der Waals surface area contributed by atoms with E-state index in [4.69, 9.17) is 0 Å². The van der Waals surface area contributed by atoms with Crippen molar-refractivity contribution < 1.29 is 5.11 Å². The van der Waals surface area contributed by atoms with Crippen molar-refractivity contribution in [2.24, 2.45) is 5.92 Å². The van der Waals surface area contributed by atoms with Crippen molar-refractivity contribution in [3.8, 4) is 0 Å². The predicted molar refractivity (Wildman–Crippen MR) is 73.5 cm³/mol. The van der Waals surface area contributed by atoms with Crippen LogP contribution >= 0.6 is 0 Å². The zero-order chi connectivity index (χ0) is 13.0. The Labute approximate surface area is 109 Å². The lowest BCUT2D eigenvalue weighted by molar-refractivity contribution is 0.0274. The number of aliphatic hydroxyl groups is 1. The van der Waals surface area contributed by atoms with Crippen LogP contribution in [0.4, 0.5) is 5.82 Å². The molecule has 1 aliphatic carbocycles. The number of aliphatic hydroxyl groups excluding tert-OH is 1. The highest BCUT2D eigenvalue weighted by Gasteiger charge is 2.27. The quantitative estimate of drug-likeness (QED) is 0.806. The van der Waals surface area contributed by atoms with Crippen LogP contribution in [0.15, 0.2) is 18.3 Å². The molecule has 0 radical (unpaired) electrons. The summed E-state index contributed by atoms with van der Waals surface area (Å²) in [6.45, 7) is 4.93. The summed E-state index contributed by atoms with van der Waals surface area (Å²) in [7, 11) is 2.13. The Kier molecular flexibility index (Phi) is 4.55. The Hall–Kier alpha value is -1.13. The first-order valence-electron chi connectivity index (χ1n) is 6.73. The maximum atomic E-state index is 9.30. The minimum absolute atomic E-state index is 0.0564. The molecule has 0 bridgehead atoms. The lowest BCUT2D eigenvalue weighted by atomic mass is 9.82. The van der Waals surface area contributed by atoms with Gasteiger partial charge in [0.1, 0.15) is 5.82 Å². The summed E-state index contributed by atoms with van der Waals surface area (Å²) in [5.41, 5.74) is 1.24. The zero-order valence-corrected chi connectivity index (χ0v) is 11.3. The summed E-state index contributed by atoms with van der Waals surface area (Å²) in [6, 6.07) is 4.11. The van der Waals surface area contributed by atoms with Gasteiger partial charge in [0, 0.05) is 31.4 Å². The van der Waals surface area contributed by atoms with Gasteiger partial charge < -0.3 is 15.3 Å². The molecule has 1 aliphatic rings. The number of nitrogens with one attached hydrogen (secondary N) is 1. The monoisotopic (exact) mass is 249 g/mol. The minimum Gasteiger partial charge on any atom is -0.393 e. The number of nitrogens with zero attached hydrogens (tertiary/aromatic N) is 2. The van der Waals surface area contributed by atoms with Gasteiger partial charge in [0.15, 0.2) is 0 Å². The maximum absolute atomic E-state index is 9.30. The third-order valence-electron chi connectivity index (χ3n) is 3.46. The van der Waals surface area contributed by atoms with Gasteiger partial charge in [0.2, 0.25) is 0 Å². The molecule has 0 unspecified atom stereocenters. The molecule has 4 nitrogen and oxygen atoms in total. The molecule has 4 heteroatoms. The van der Waals surface area contributed by atoms with Crippen LogP contribution in [-0.4, -0.2) is 41.2 Å². The average molecular weight is 249 g/mol. The van der Waals surface area contributed by atoms with Gasteiger partial charge in [-0.15, -0.1) is 0 Å². The fourth-order valence-corrected chi connectivity index (χ4v) is 2.54. The van der Waals surface area contributed by atoms with Crippen LogP contribution in [0.3, 0.4) is 0 Å². The van der Waals surface area contributed by atoms with Crippen molar-refractivity contribution in [1.82, 2.24) is 9.88 Å². The molecule has 0 spiro atoms. The average Bonchev–Trinajstić information content (AvgIpc) is 2.30. The molecule has 0 aromatic carbocycles. The molecule has 0 atom stereocenters. The van der Waals surface area contributed by atoms with Crippen molar-refractivity contribution in [2.45, 2.75) is 32.4 Å². The Morgan fingerprint density at radius 3 is 2.94 bits per heavy atom. The number of hydrogen-bond donors (Lipinski definition) is 2. The highest BCUT2D eigenvalue weighted by molar-refractivity contribution is 5.43. The fourth-order valence-electron chi connectivity index (χ4n) is 2.54. The summed E-state index contributed by atoms with van der Waals surface area (Å²) < 4.78 is 0. The van der Waals surface area contributed by atoms with Crippen LogP contribution in [-0.2, 0) is 6.54 Å². The molecule has 0 amide bonds. The summed E-state index contributed by atoms with van der Waals surface area (Å²) in [6.07, 6.45) is 3.68. The summed E-state index contributed by atoms with van der Waals surface area (Å²) in [5, 5.41) is 12.6. The van der Waals surface area contributed by atoms with E-state index in [0.29, 0.717) is 5.92 Å². The highest BCUT2D eigenvalue weighted by Crippen LogP contribution is 2.28. The molecular weight excluding hydrogens is 226 g/mol. The van der Waals surface area contributed by atoms with Crippen LogP contribution in [0.25, 0.3) is 0 Å². The molecule has 0 saturated heterocycles. The predicted octanol–water partition coefficient (Wildman–Crippen LogP) is 1.72. The van der Waals surface area contributed by atoms with E-state index >= 15 is 0 Å². The minimum atomic E-state index is -0.0564. The maximum Gasteiger partial charge on any atom is 0.130 e. The highest BCUT2D eigenvalue weighted by atomic mass is 16.3. The van der Waals surface area contributed by atoms with Crippen molar-refractivity contribution >= 4 is 5.82 Å². The molecule has 2 rings (SSSR count). The van der Waals surface area contributed by atoms with E-state index in [2.05, 4.69) is 35.2 Å². The molecule has 18 heavy (non-hydrogen) atoms. The van der Waals surface area contributed by atoms with E-state index in [9.17, 15) is 5.11 Å². The van der Waals surface area contributed by atoms with Crippen molar-refractivity contribution in [1.29, 1.82) is 0 Å². The number of rotatable bonds is 6. The second-order valence-electron chi connectivity index (χ2n) is 5.23. The third kappa shape index (κ3) is 3.43. The lowest BCUT2D eigenvalue weighted by Crippen LogP contribution is -2.36. The molecule has 1 aromatic heterocycles. The van der Waals surface area contributed by atoms with Gasteiger partial charge in [-0.3, -0.25) is 0 Å². The Morgan fingerprint density at radius 1 is 1.50 bits per heavy atom. The first-order valence-corrected chi connectivity index (χ1v) is 6.73. The number of hydrogen-bond acceptors (Lipinski definition) is 4. The van der Waals surface area contributed by atoms with E-state index in [1.807, 2.05) is 12.3 Å². The smallest absolute Gasteiger partial charge is 0.130 e. The van der Waals surface area contributed by atoms with E-state index in [1.165, 1.54) is 5.56 Å². The molecule has 1 saturated carbocycles. The zero-order valence-electron chi connectivity index (χ0n) is 11.3. The molecule has 100 valence electrons. The van der Waals surface area contributed by atoms with Crippen LogP contribution in [0, 0.1) is 5.92 Å². The molecule has 1 aromatic rings. The summed E-state index contributed by atoms with van der Waals surface area (Å²) in [5.74, 6) is 1.64. The summed E-state index contributed by atoms with van der Waals surface area (Å²) >= 11 is 0. The van der Waals surface area contributed by atoms with Gasteiger partial charge in [0.25, 0.3) is 0 Å². The second kappa shape index (κ2) is 6.16. The molecular formula is C14H23N3O. The molecule has 0 aliphatic heterocycles. The number of pyridine rings is 1. The SMILES string of the molecule is CCNc1ncccc1CN(C)CC1CC(O)C1. The summed E-state index contributed by atoms with van der Waals surface area (Å²) in [4.78, 5) is 6.68. The molecule has 1 fully saturated rings. The van der Waals surface area contributed by atoms with E-state index < -0.39 is 0 Å². The van der Waals surface area contributed by atoms with Gasteiger partial charge in [0.05, 0.1) is 6.10 Å². The Balaban J connectivity index is 1.87. The fraction of sp³-hybridized carbons (Fsp3) is 0.643. The van der Waals surface area contributed by atoms with Crippen LogP contribution < -0.4 is 5.32 Å². The molecule has 1 heterocycles.